The van der Waals surface area contributed by atoms with E-state index in [1.165, 1.54) is 23.1 Å². The minimum atomic E-state index is -0.154. The number of rotatable bonds is 7. The van der Waals surface area contributed by atoms with Crippen LogP contribution in [0.15, 0.2) is 46.2 Å². The van der Waals surface area contributed by atoms with E-state index in [0.29, 0.717) is 21.9 Å². The topological polar surface area (TPSA) is 95.1 Å². The largest absolute Gasteiger partial charge is 0.497 e. The second kappa shape index (κ2) is 8.26. The second-order valence-electron chi connectivity index (χ2n) is 6.44. The Morgan fingerprint density at radius 1 is 1.34 bits per heavy atom. The van der Waals surface area contributed by atoms with E-state index in [-0.39, 0.29) is 17.7 Å². The predicted octanol–water partition coefficient (Wildman–Crippen LogP) is 4.47. The summed E-state index contributed by atoms with van der Waals surface area (Å²) in [6.07, 6.45) is 1.60. The number of carbonyl (C=O) groups excluding carboxylic acids is 1. The van der Waals surface area contributed by atoms with Crippen molar-refractivity contribution in [3.63, 3.8) is 0 Å². The van der Waals surface area contributed by atoms with E-state index in [2.05, 4.69) is 20.5 Å². The van der Waals surface area contributed by atoms with Crippen molar-refractivity contribution in [3.05, 3.63) is 36.6 Å². The number of fused-ring (bicyclic) bond motifs is 1. The van der Waals surface area contributed by atoms with E-state index >= 15 is 0 Å². The molecule has 8 nitrogen and oxygen atoms in total. The van der Waals surface area contributed by atoms with Gasteiger partial charge in [-0.05, 0) is 44.2 Å². The first-order valence-electron chi connectivity index (χ1n) is 8.91. The number of hydrogen-bond acceptors (Lipinski definition) is 8. The number of thioether (sulfide) groups is 1. The lowest BCUT2D eigenvalue weighted by Crippen LogP contribution is -2.14. The number of nitrogens with one attached hydrogen (secondary N) is 1. The smallest absolute Gasteiger partial charge is 0.236 e. The van der Waals surface area contributed by atoms with Crippen molar-refractivity contribution in [2.75, 3.05) is 18.2 Å². The number of benzene rings is 1. The van der Waals surface area contributed by atoms with Crippen LogP contribution < -0.4 is 10.1 Å². The zero-order chi connectivity index (χ0) is 20.4. The average molecular weight is 430 g/mol. The molecule has 0 atom stereocenters. The maximum atomic E-state index is 12.4. The van der Waals surface area contributed by atoms with Gasteiger partial charge in [-0.1, -0.05) is 23.1 Å². The van der Waals surface area contributed by atoms with Crippen molar-refractivity contribution in [1.82, 2.24) is 19.7 Å². The number of carbonyl (C=O) groups is 1. The van der Waals surface area contributed by atoms with Crippen LogP contribution in [0.4, 0.5) is 5.13 Å². The first-order chi connectivity index (χ1) is 14.0. The molecule has 10 heteroatoms. The molecule has 0 radical (unpaired) electrons. The van der Waals surface area contributed by atoms with Crippen LogP contribution in [-0.2, 0) is 4.79 Å². The third-order valence-electron chi connectivity index (χ3n) is 4.10. The van der Waals surface area contributed by atoms with Gasteiger partial charge in [-0.15, -0.1) is 10.2 Å². The molecule has 0 fully saturated rings. The fraction of sp³-hybridized carbons (Fsp3) is 0.263. The first-order valence-corrected chi connectivity index (χ1v) is 10.7. The minimum absolute atomic E-state index is 0.120. The number of methoxy groups -OCH3 is 1. The summed E-state index contributed by atoms with van der Waals surface area (Å²) in [5.41, 5.74) is 0.821. The summed E-state index contributed by atoms with van der Waals surface area (Å²) in [5, 5.41) is 12.5. The summed E-state index contributed by atoms with van der Waals surface area (Å²) in [4.78, 5) is 16.9. The number of thiazole rings is 1. The number of aromatic nitrogens is 4. The quantitative estimate of drug-likeness (QED) is 0.433. The van der Waals surface area contributed by atoms with Crippen LogP contribution in [0.1, 0.15) is 19.9 Å². The molecule has 4 rings (SSSR count). The lowest BCUT2D eigenvalue weighted by molar-refractivity contribution is -0.113. The summed E-state index contributed by atoms with van der Waals surface area (Å²) in [6.45, 7) is 4.07. The van der Waals surface area contributed by atoms with E-state index in [9.17, 15) is 4.79 Å². The number of hydrogen-bond donors (Lipinski definition) is 1. The molecular weight excluding hydrogens is 410 g/mol. The molecule has 4 aromatic rings. The van der Waals surface area contributed by atoms with Crippen molar-refractivity contribution in [1.29, 1.82) is 0 Å². The van der Waals surface area contributed by atoms with Crippen LogP contribution in [-0.4, -0.2) is 38.5 Å². The Morgan fingerprint density at radius 3 is 2.93 bits per heavy atom. The Morgan fingerprint density at radius 2 is 2.21 bits per heavy atom. The Hall–Kier alpha value is -2.85. The molecule has 3 heterocycles. The van der Waals surface area contributed by atoms with Crippen LogP contribution in [0, 0.1) is 0 Å². The summed E-state index contributed by atoms with van der Waals surface area (Å²) in [6, 6.07) is 9.39. The Kier molecular flexibility index (Phi) is 5.54. The molecule has 1 amide bonds. The van der Waals surface area contributed by atoms with Gasteiger partial charge >= 0.3 is 0 Å². The van der Waals surface area contributed by atoms with Crippen molar-refractivity contribution >= 4 is 44.4 Å². The standard InChI is InChI=1S/C19H19N5O3S2/c1-11(2)24-17(14-5-4-8-27-14)22-23-19(24)28-10-16(25)21-18-20-13-7-6-12(26-3)9-15(13)29-18/h4-9,11H,10H2,1-3H3,(H,20,21,25). The number of furan rings is 1. The highest BCUT2D eigenvalue weighted by molar-refractivity contribution is 7.99. The van der Waals surface area contributed by atoms with Crippen molar-refractivity contribution in [2.45, 2.75) is 25.0 Å². The van der Waals surface area contributed by atoms with Gasteiger partial charge in [-0.3, -0.25) is 9.36 Å². The molecule has 0 spiro atoms. The summed E-state index contributed by atoms with van der Waals surface area (Å²) in [5.74, 6) is 2.09. The molecule has 0 unspecified atom stereocenters. The molecule has 0 aliphatic rings. The molecule has 0 aliphatic heterocycles. The lowest BCUT2D eigenvalue weighted by atomic mass is 10.3. The van der Waals surface area contributed by atoms with E-state index < -0.39 is 0 Å². The van der Waals surface area contributed by atoms with Gasteiger partial charge in [-0.25, -0.2) is 4.98 Å². The predicted molar refractivity (Wildman–Crippen MR) is 114 cm³/mol. The van der Waals surface area contributed by atoms with E-state index in [1.54, 1.807) is 13.4 Å². The molecule has 29 heavy (non-hydrogen) atoms. The van der Waals surface area contributed by atoms with Gasteiger partial charge in [0.05, 0.1) is 29.3 Å². The van der Waals surface area contributed by atoms with Crippen LogP contribution >= 0.6 is 23.1 Å². The monoisotopic (exact) mass is 429 g/mol. The maximum Gasteiger partial charge on any atom is 0.236 e. The molecule has 0 saturated carbocycles. The van der Waals surface area contributed by atoms with Gasteiger partial charge in [-0.2, -0.15) is 0 Å². The third-order valence-corrected chi connectivity index (χ3v) is 5.97. The van der Waals surface area contributed by atoms with Crippen LogP contribution in [0.25, 0.3) is 21.8 Å². The second-order valence-corrected chi connectivity index (χ2v) is 8.41. The maximum absolute atomic E-state index is 12.4. The highest BCUT2D eigenvalue weighted by Gasteiger charge is 2.19. The van der Waals surface area contributed by atoms with Crippen LogP contribution in [0.3, 0.4) is 0 Å². The molecule has 0 bridgehead atoms. The summed E-state index contributed by atoms with van der Waals surface area (Å²) in [7, 11) is 1.62. The molecule has 0 saturated heterocycles. The van der Waals surface area contributed by atoms with E-state index in [4.69, 9.17) is 9.15 Å². The highest BCUT2D eigenvalue weighted by Crippen LogP contribution is 2.30. The minimum Gasteiger partial charge on any atom is -0.497 e. The molecule has 150 valence electrons. The van der Waals surface area contributed by atoms with Gasteiger partial charge in [0.1, 0.15) is 5.75 Å². The van der Waals surface area contributed by atoms with E-state index in [1.807, 2.05) is 48.7 Å². The van der Waals surface area contributed by atoms with Crippen LogP contribution in [0.2, 0.25) is 0 Å². The van der Waals surface area contributed by atoms with Gasteiger partial charge < -0.3 is 14.5 Å². The fourth-order valence-electron chi connectivity index (χ4n) is 2.79. The first kappa shape index (κ1) is 19.5. The number of nitrogens with zero attached hydrogens (tertiary/aromatic N) is 4. The molecule has 0 aliphatic carbocycles. The normalized spacial score (nSPS) is 11.3. The van der Waals surface area contributed by atoms with Gasteiger partial charge in [0.25, 0.3) is 0 Å². The number of amides is 1. The third kappa shape index (κ3) is 4.13. The van der Waals surface area contributed by atoms with Crippen molar-refractivity contribution in [2.24, 2.45) is 0 Å². The van der Waals surface area contributed by atoms with Crippen molar-refractivity contribution < 1.29 is 13.9 Å². The number of ether oxygens (including phenoxy) is 1. The molecule has 1 N–H and O–H groups in total. The fourth-order valence-corrected chi connectivity index (χ4v) is 4.56. The summed E-state index contributed by atoms with van der Waals surface area (Å²) >= 11 is 2.74. The lowest BCUT2D eigenvalue weighted by Gasteiger charge is -2.12. The van der Waals surface area contributed by atoms with Gasteiger partial charge in [0.2, 0.25) is 11.7 Å². The molecule has 1 aromatic carbocycles. The SMILES string of the molecule is COc1ccc2nc(NC(=O)CSc3nnc(-c4ccco4)n3C(C)C)sc2c1. The van der Waals surface area contributed by atoms with E-state index in [0.717, 1.165) is 16.0 Å². The number of anilines is 1. The Bertz CT molecular complexity index is 1130. The highest BCUT2D eigenvalue weighted by atomic mass is 32.2. The molecular formula is C19H19N5O3S2. The average Bonchev–Trinajstić information content (AvgIpc) is 3.43. The zero-order valence-corrected chi connectivity index (χ0v) is 17.7. The summed E-state index contributed by atoms with van der Waals surface area (Å²) < 4.78 is 13.6. The zero-order valence-electron chi connectivity index (χ0n) is 16.1. The van der Waals surface area contributed by atoms with Gasteiger partial charge in [0.15, 0.2) is 16.0 Å². The van der Waals surface area contributed by atoms with Crippen LogP contribution in [0.5, 0.6) is 5.75 Å². The Labute approximate surface area is 175 Å². The molecule has 3 aromatic heterocycles. The van der Waals surface area contributed by atoms with Gasteiger partial charge in [0, 0.05) is 6.04 Å². The van der Waals surface area contributed by atoms with Crippen molar-refractivity contribution in [3.8, 4) is 17.3 Å². The Balaban J connectivity index is 1.45.